The van der Waals surface area contributed by atoms with Gasteiger partial charge in [-0.15, -0.1) is 0 Å². The van der Waals surface area contributed by atoms with Gasteiger partial charge in [-0.05, 0) is 31.1 Å². The van der Waals surface area contributed by atoms with Gasteiger partial charge in [-0.2, -0.15) is 11.8 Å². The highest BCUT2D eigenvalue weighted by Crippen LogP contribution is 2.14. The first-order valence-corrected chi connectivity index (χ1v) is 6.69. The Kier molecular flexibility index (Phi) is 6.01. The molecule has 0 spiro atoms. The van der Waals surface area contributed by atoms with Crippen molar-refractivity contribution in [3.63, 3.8) is 0 Å². The minimum atomic E-state index is -0.691. The van der Waals surface area contributed by atoms with Crippen molar-refractivity contribution in [2.45, 2.75) is 31.9 Å². The van der Waals surface area contributed by atoms with Crippen LogP contribution in [0.15, 0.2) is 24.3 Å². The van der Waals surface area contributed by atoms with Crippen molar-refractivity contribution in [3.05, 3.63) is 35.4 Å². The highest BCUT2D eigenvalue weighted by molar-refractivity contribution is 7.98. The average Bonchev–Trinajstić information content (AvgIpc) is 2.25. The minimum Gasteiger partial charge on any atom is -0.481 e. The molecule has 0 saturated heterocycles. The van der Waals surface area contributed by atoms with Crippen molar-refractivity contribution in [2.75, 3.05) is 5.75 Å². The second-order valence-corrected chi connectivity index (χ2v) is 4.99. The summed E-state index contributed by atoms with van der Waals surface area (Å²) in [5.74, 6) is 1.37. The molecule has 0 aliphatic rings. The van der Waals surface area contributed by atoms with Gasteiger partial charge in [0.05, 0.1) is 0 Å². The van der Waals surface area contributed by atoms with Crippen molar-refractivity contribution in [3.8, 4) is 0 Å². The molecule has 88 valence electrons. The molecule has 1 rings (SSSR count). The van der Waals surface area contributed by atoms with E-state index in [0.717, 1.165) is 24.3 Å². The molecule has 0 atom stereocenters. The quantitative estimate of drug-likeness (QED) is 0.739. The number of thioether (sulfide) groups is 1. The van der Waals surface area contributed by atoms with Crippen LogP contribution in [0.25, 0.3) is 0 Å². The van der Waals surface area contributed by atoms with Gasteiger partial charge >= 0.3 is 5.97 Å². The second-order valence-electron chi connectivity index (χ2n) is 3.89. The summed E-state index contributed by atoms with van der Waals surface area (Å²) < 4.78 is 0. The van der Waals surface area contributed by atoms with Gasteiger partial charge in [0.2, 0.25) is 0 Å². The normalized spacial score (nSPS) is 10.3. The molecule has 3 heteroatoms. The monoisotopic (exact) mass is 238 g/mol. The van der Waals surface area contributed by atoms with Gasteiger partial charge in [0.25, 0.3) is 0 Å². The maximum atomic E-state index is 10.3. The number of hydrogen-bond acceptors (Lipinski definition) is 2. The number of carbonyl (C=O) groups is 1. The summed E-state index contributed by atoms with van der Waals surface area (Å²) in [5, 5.41) is 8.47. The third-order valence-corrected chi connectivity index (χ3v) is 3.43. The SMILES string of the molecule is Cc1ccc(CSCCCCC(=O)O)cc1. The Morgan fingerprint density at radius 3 is 2.56 bits per heavy atom. The fraction of sp³-hybridized carbons (Fsp3) is 0.462. The average molecular weight is 238 g/mol. The molecule has 0 fully saturated rings. The van der Waals surface area contributed by atoms with Crippen LogP contribution < -0.4 is 0 Å². The number of rotatable bonds is 7. The van der Waals surface area contributed by atoms with Crippen LogP contribution in [0, 0.1) is 6.92 Å². The van der Waals surface area contributed by atoms with Crippen LogP contribution >= 0.6 is 11.8 Å². The standard InChI is InChI=1S/C13H18O2S/c1-11-5-7-12(8-6-11)10-16-9-3-2-4-13(14)15/h5-8H,2-4,9-10H2,1H3,(H,14,15). The Morgan fingerprint density at radius 1 is 1.25 bits per heavy atom. The Morgan fingerprint density at radius 2 is 1.94 bits per heavy atom. The summed E-state index contributed by atoms with van der Waals surface area (Å²) in [5.41, 5.74) is 2.63. The third-order valence-electron chi connectivity index (χ3n) is 2.32. The lowest BCUT2D eigenvalue weighted by molar-refractivity contribution is -0.137. The maximum Gasteiger partial charge on any atom is 0.303 e. The number of benzene rings is 1. The summed E-state index contributed by atoms with van der Waals surface area (Å²) in [4.78, 5) is 10.3. The van der Waals surface area contributed by atoms with Crippen LogP contribution in [-0.4, -0.2) is 16.8 Å². The molecule has 1 aromatic carbocycles. The molecule has 16 heavy (non-hydrogen) atoms. The van der Waals surface area contributed by atoms with E-state index < -0.39 is 5.97 Å². The zero-order chi connectivity index (χ0) is 11.8. The van der Waals surface area contributed by atoms with Crippen molar-refractivity contribution < 1.29 is 9.90 Å². The molecule has 0 unspecified atom stereocenters. The van der Waals surface area contributed by atoms with E-state index in [1.165, 1.54) is 11.1 Å². The Bertz CT molecular complexity index is 319. The van der Waals surface area contributed by atoms with E-state index in [1.54, 1.807) is 0 Å². The lowest BCUT2D eigenvalue weighted by Gasteiger charge is -2.02. The Hall–Kier alpha value is -0.960. The van der Waals surface area contributed by atoms with Gasteiger partial charge in [-0.25, -0.2) is 0 Å². The molecule has 0 bridgehead atoms. The van der Waals surface area contributed by atoms with E-state index >= 15 is 0 Å². The number of aryl methyl sites for hydroxylation is 1. The summed E-state index contributed by atoms with van der Waals surface area (Å²) in [7, 11) is 0. The summed E-state index contributed by atoms with van der Waals surface area (Å²) in [6, 6.07) is 8.56. The van der Waals surface area contributed by atoms with E-state index in [0.29, 0.717) is 6.42 Å². The first-order chi connectivity index (χ1) is 7.68. The van der Waals surface area contributed by atoms with E-state index in [9.17, 15) is 4.79 Å². The van der Waals surface area contributed by atoms with Gasteiger partial charge in [-0.1, -0.05) is 29.8 Å². The lowest BCUT2D eigenvalue weighted by Crippen LogP contribution is -1.94. The molecule has 1 N–H and O–H groups in total. The minimum absolute atomic E-state index is 0.297. The molecule has 0 saturated carbocycles. The van der Waals surface area contributed by atoms with Gasteiger partial charge < -0.3 is 5.11 Å². The molecule has 1 aromatic rings. The van der Waals surface area contributed by atoms with E-state index in [1.807, 2.05) is 11.8 Å². The Labute approximate surface area is 101 Å². The predicted octanol–water partition coefficient (Wildman–Crippen LogP) is 3.48. The molecule has 2 nitrogen and oxygen atoms in total. The fourth-order valence-electron chi connectivity index (χ4n) is 1.35. The summed E-state index contributed by atoms with van der Waals surface area (Å²) in [6.45, 7) is 2.09. The van der Waals surface area contributed by atoms with Gasteiger partial charge in [0.1, 0.15) is 0 Å². The van der Waals surface area contributed by atoms with Crippen molar-refractivity contribution in [1.82, 2.24) is 0 Å². The van der Waals surface area contributed by atoms with Crippen LogP contribution in [0.3, 0.4) is 0 Å². The van der Waals surface area contributed by atoms with Crippen molar-refractivity contribution in [2.24, 2.45) is 0 Å². The second kappa shape index (κ2) is 7.34. The number of carboxylic acids is 1. The molecule has 0 heterocycles. The first kappa shape index (κ1) is 13.1. The fourth-order valence-corrected chi connectivity index (χ4v) is 2.34. The molecular weight excluding hydrogens is 220 g/mol. The molecule has 0 radical (unpaired) electrons. The zero-order valence-electron chi connectivity index (χ0n) is 9.61. The Balaban J connectivity index is 2.07. The number of aliphatic carboxylic acids is 1. The zero-order valence-corrected chi connectivity index (χ0v) is 10.4. The molecule has 0 aromatic heterocycles. The van der Waals surface area contributed by atoms with E-state index in [2.05, 4.69) is 31.2 Å². The number of carboxylic acid groups (broad SMARTS) is 1. The van der Waals surface area contributed by atoms with Crippen LogP contribution in [0.5, 0.6) is 0 Å². The van der Waals surface area contributed by atoms with E-state index in [-0.39, 0.29) is 0 Å². The van der Waals surface area contributed by atoms with Crippen molar-refractivity contribution >= 4 is 17.7 Å². The van der Waals surface area contributed by atoms with Gasteiger partial charge in [-0.3, -0.25) is 4.79 Å². The molecule has 0 aliphatic carbocycles. The summed E-state index contributed by atoms with van der Waals surface area (Å²) in [6.07, 6.45) is 2.07. The summed E-state index contributed by atoms with van der Waals surface area (Å²) >= 11 is 1.87. The van der Waals surface area contributed by atoms with E-state index in [4.69, 9.17) is 5.11 Å². The van der Waals surface area contributed by atoms with Gasteiger partial charge in [0, 0.05) is 12.2 Å². The largest absolute Gasteiger partial charge is 0.481 e. The predicted molar refractivity (Wildman–Crippen MR) is 68.8 cm³/mol. The highest BCUT2D eigenvalue weighted by atomic mass is 32.2. The van der Waals surface area contributed by atoms with Crippen molar-refractivity contribution in [1.29, 1.82) is 0 Å². The van der Waals surface area contributed by atoms with Crippen LogP contribution in [0.1, 0.15) is 30.4 Å². The number of hydrogen-bond donors (Lipinski definition) is 1. The topological polar surface area (TPSA) is 37.3 Å². The van der Waals surface area contributed by atoms with Crippen LogP contribution in [-0.2, 0) is 10.5 Å². The van der Waals surface area contributed by atoms with Crippen LogP contribution in [0.4, 0.5) is 0 Å². The number of unbranched alkanes of at least 4 members (excludes halogenated alkanes) is 1. The molecule has 0 aliphatic heterocycles. The molecule has 0 amide bonds. The third kappa shape index (κ3) is 5.81. The van der Waals surface area contributed by atoms with Gasteiger partial charge in [0.15, 0.2) is 0 Å². The first-order valence-electron chi connectivity index (χ1n) is 5.53. The maximum absolute atomic E-state index is 10.3. The lowest BCUT2D eigenvalue weighted by atomic mass is 10.2. The smallest absolute Gasteiger partial charge is 0.303 e. The highest BCUT2D eigenvalue weighted by Gasteiger charge is 1.97. The molecular formula is C13H18O2S. The van der Waals surface area contributed by atoms with Crippen LogP contribution in [0.2, 0.25) is 0 Å².